The van der Waals surface area contributed by atoms with Gasteiger partial charge in [-0.3, -0.25) is 9.59 Å². The molecule has 2 aliphatic rings. The monoisotopic (exact) mass is 274 g/mol. The molecule has 1 aromatic heterocycles. The van der Waals surface area contributed by atoms with Crippen molar-refractivity contribution < 1.29 is 9.59 Å². The molecular weight excluding hydrogens is 256 g/mol. The van der Waals surface area contributed by atoms with Crippen LogP contribution in [0.25, 0.3) is 0 Å². The van der Waals surface area contributed by atoms with Gasteiger partial charge in [0.2, 0.25) is 11.8 Å². The van der Waals surface area contributed by atoms with Crippen molar-refractivity contribution >= 4 is 11.8 Å². The van der Waals surface area contributed by atoms with Gasteiger partial charge in [-0.1, -0.05) is 0 Å². The van der Waals surface area contributed by atoms with Crippen LogP contribution in [-0.2, 0) is 16.1 Å². The Kier molecular flexibility index (Phi) is 3.16. The van der Waals surface area contributed by atoms with E-state index in [4.69, 9.17) is 0 Å². The van der Waals surface area contributed by atoms with Crippen molar-refractivity contribution in [2.75, 3.05) is 6.54 Å². The predicted molar refractivity (Wildman–Crippen MR) is 71.3 cm³/mol. The number of nitrogens with one attached hydrogen (secondary N) is 1. The fraction of sp³-hybridized carbons (Fsp3) is 0.571. The van der Waals surface area contributed by atoms with Gasteiger partial charge in [0.1, 0.15) is 11.9 Å². The molecule has 1 N–H and O–H groups in total. The highest BCUT2D eigenvalue weighted by Crippen LogP contribution is 2.41. The lowest BCUT2D eigenvalue weighted by Gasteiger charge is -2.32. The van der Waals surface area contributed by atoms with Crippen molar-refractivity contribution in [3.8, 4) is 0 Å². The lowest BCUT2D eigenvalue weighted by Crippen LogP contribution is -2.56. The zero-order valence-electron chi connectivity index (χ0n) is 11.5. The fourth-order valence-electron chi connectivity index (χ4n) is 2.77. The molecule has 1 aromatic rings. The number of nitrogens with zero attached hydrogens (tertiary/aromatic N) is 3. The molecule has 1 atom stereocenters. The van der Waals surface area contributed by atoms with E-state index in [1.54, 1.807) is 17.2 Å². The van der Waals surface area contributed by atoms with Gasteiger partial charge in [-0.2, -0.15) is 0 Å². The van der Waals surface area contributed by atoms with Crippen LogP contribution in [0.1, 0.15) is 31.9 Å². The number of carbonyl (C=O) groups is 2. The molecule has 1 saturated carbocycles. The van der Waals surface area contributed by atoms with Gasteiger partial charge in [0.05, 0.1) is 12.2 Å². The van der Waals surface area contributed by atoms with Crippen LogP contribution in [0.15, 0.2) is 18.6 Å². The molecule has 6 nitrogen and oxygen atoms in total. The lowest BCUT2D eigenvalue weighted by atomic mass is 9.94. The van der Waals surface area contributed by atoms with Crippen molar-refractivity contribution in [2.24, 2.45) is 5.92 Å². The van der Waals surface area contributed by atoms with E-state index in [0.717, 1.165) is 18.5 Å². The Hall–Kier alpha value is -1.98. The maximum absolute atomic E-state index is 12.8. The highest BCUT2D eigenvalue weighted by atomic mass is 16.2. The molecule has 3 rings (SSSR count). The summed E-state index contributed by atoms with van der Waals surface area (Å²) >= 11 is 0. The van der Waals surface area contributed by atoms with Gasteiger partial charge in [0, 0.05) is 19.2 Å². The SMILES string of the molecule is CC1(C2CC2)NC(=O)CCN(Cc2ccncn2)C1=O. The highest BCUT2D eigenvalue weighted by Gasteiger charge is 2.51. The van der Waals surface area contributed by atoms with Gasteiger partial charge in [0.15, 0.2) is 0 Å². The van der Waals surface area contributed by atoms with Gasteiger partial charge in [-0.25, -0.2) is 9.97 Å². The summed E-state index contributed by atoms with van der Waals surface area (Å²) in [5, 5.41) is 2.92. The minimum atomic E-state index is -0.749. The van der Waals surface area contributed by atoms with Gasteiger partial charge < -0.3 is 10.2 Å². The largest absolute Gasteiger partial charge is 0.342 e. The molecule has 106 valence electrons. The maximum atomic E-state index is 12.8. The van der Waals surface area contributed by atoms with Crippen LogP contribution in [0, 0.1) is 5.92 Å². The summed E-state index contributed by atoms with van der Waals surface area (Å²) in [6.45, 7) is 2.72. The number of aromatic nitrogens is 2. The van der Waals surface area contributed by atoms with Crippen LogP contribution in [0.5, 0.6) is 0 Å². The van der Waals surface area contributed by atoms with E-state index in [2.05, 4.69) is 15.3 Å². The molecule has 1 unspecified atom stereocenters. The van der Waals surface area contributed by atoms with E-state index >= 15 is 0 Å². The Bertz CT molecular complexity index is 529. The average Bonchev–Trinajstić information content (AvgIpc) is 3.28. The number of amides is 2. The van der Waals surface area contributed by atoms with Crippen LogP contribution in [0.2, 0.25) is 0 Å². The Balaban J connectivity index is 1.83. The first-order valence-corrected chi connectivity index (χ1v) is 6.95. The summed E-state index contributed by atoms with van der Waals surface area (Å²) in [5.41, 5.74) is 0.0431. The molecule has 0 aromatic carbocycles. The van der Waals surface area contributed by atoms with E-state index in [9.17, 15) is 9.59 Å². The van der Waals surface area contributed by atoms with E-state index in [-0.39, 0.29) is 17.7 Å². The van der Waals surface area contributed by atoms with Crippen LogP contribution in [0.3, 0.4) is 0 Å². The Morgan fingerprint density at radius 2 is 2.25 bits per heavy atom. The summed E-state index contributed by atoms with van der Waals surface area (Å²) in [7, 11) is 0. The third kappa shape index (κ3) is 2.37. The molecule has 2 amide bonds. The zero-order valence-corrected chi connectivity index (χ0v) is 11.5. The first kappa shape index (κ1) is 13.0. The van der Waals surface area contributed by atoms with Crippen LogP contribution < -0.4 is 5.32 Å². The zero-order chi connectivity index (χ0) is 14.2. The van der Waals surface area contributed by atoms with Crippen LogP contribution >= 0.6 is 0 Å². The average molecular weight is 274 g/mol. The van der Waals surface area contributed by atoms with Gasteiger partial charge in [-0.15, -0.1) is 0 Å². The second-order valence-corrected chi connectivity index (χ2v) is 5.70. The minimum absolute atomic E-state index is 0.00413. The Morgan fingerprint density at radius 3 is 2.90 bits per heavy atom. The highest BCUT2D eigenvalue weighted by molar-refractivity contribution is 5.93. The van der Waals surface area contributed by atoms with E-state index in [1.165, 1.54) is 6.33 Å². The third-order valence-electron chi connectivity index (χ3n) is 4.13. The molecule has 1 aliphatic carbocycles. The Labute approximate surface area is 117 Å². The van der Waals surface area contributed by atoms with Crippen LogP contribution in [0.4, 0.5) is 0 Å². The second kappa shape index (κ2) is 4.85. The summed E-state index contributed by atoms with van der Waals surface area (Å²) in [5.74, 6) is 0.229. The summed E-state index contributed by atoms with van der Waals surface area (Å²) in [6.07, 6.45) is 5.49. The normalized spacial score (nSPS) is 27.1. The molecule has 2 fully saturated rings. The fourth-order valence-corrected chi connectivity index (χ4v) is 2.77. The van der Waals surface area contributed by atoms with Crippen molar-refractivity contribution in [1.29, 1.82) is 0 Å². The summed E-state index contributed by atoms with van der Waals surface area (Å²) in [4.78, 5) is 34.4. The lowest BCUT2D eigenvalue weighted by molar-refractivity contribution is -0.139. The Morgan fingerprint density at radius 1 is 1.45 bits per heavy atom. The van der Waals surface area contributed by atoms with Crippen LogP contribution in [-0.4, -0.2) is 38.8 Å². The van der Waals surface area contributed by atoms with Crippen molar-refractivity contribution in [1.82, 2.24) is 20.2 Å². The molecule has 2 heterocycles. The van der Waals surface area contributed by atoms with E-state index in [0.29, 0.717) is 19.5 Å². The quantitative estimate of drug-likeness (QED) is 0.870. The molecule has 0 spiro atoms. The predicted octanol–water partition coefficient (Wildman–Crippen LogP) is 0.494. The minimum Gasteiger partial charge on any atom is -0.342 e. The summed E-state index contributed by atoms with van der Waals surface area (Å²) in [6, 6.07) is 1.79. The smallest absolute Gasteiger partial charge is 0.248 e. The van der Waals surface area contributed by atoms with Gasteiger partial charge in [-0.05, 0) is 31.7 Å². The van der Waals surface area contributed by atoms with Crippen molar-refractivity contribution in [3.05, 3.63) is 24.3 Å². The number of hydrogen-bond acceptors (Lipinski definition) is 4. The van der Waals surface area contributed by atoms with Crippen molar-refractivity contribution in [3.63, 3.8) is 0 Å². The molecule has 0 bridgehead atoms. The molecule has 6 heteroatoms. The second-order valence-electron chi connectivity index (χ2n) is 5.70. The topological polar surface area (TPSA) is 75.2 Å². The molecule has 0 radical (unpaired) electrons. The first-order chi connectivity index (χ1) is 9.59. The number of hydrogen-bond donors (Lipinski definition) is 1. The number of carbonyl (C=O) groups excluding carboxylic acids is 2. The van der Waals surface area contributed by atoms with Crippen molar-refractivity contribution in [2.45, 2.75) is 38.3 Å². The standard InChI is InChI=1S/C14H18N4O2/c1-14(10-2-3-10)13(20)18(7-5-12(19)17-14)8-11-4-6-15-9-16-11/h4,6,9-10H,2-3,5,7-8H2,1H3,(H,17,19). The first-order valence-electron chi connectivity index (χ1n) is 6.95. The van der Waals surface area contributed by atoms with Gasteiger partial charge in [0.25, 0.3) is 0 Å². The third-order valence-corrected chi connectivity index (χ3v) is 4.13. The molecule has 20 heavy (non-hydrogen) atoms. The number of rotatable bonds is 3. The molecule has 1 aliphatic heterocycles. The van der Waals surface area contributed by atoms with E-state index in [1.807, 2.05) is 6.92 Å². The summed E-state index contributed by atoms with van der Waals surface area (Å²) < 4.78 is 0. The van der Waals surface area contributed by atoms with E-state index < -0.39 is 5.54 Å². The molecule has 1 saturated heterocycles. The maximum Gasteiger partial charge on any atom is 0.248 e. The molecular formula is C14H18N4O2. The van der Waals surface area contributed by atoms with Gasteiger partial charge >= 0.3 is 0 Å².